The maximum atomic E-state index is 11.6. The summed E-state index contributed by atoms with van der Waals surface area (Å²) in [6.45, 7) is 0.997. The number of hydrogen-bond donors (Lipinski definition) is 2. The molecule has 1 unspecified atom stereocenters. The summed E-state index contributed by atoms with van der Waals surface area (Å²) in [6.07, 6.45) is -0.285. The summed E-state index contributed by atoms with van der Waals surface area (Å²) in [5.74, 6) is -1.52. The molecule has 0 aromatic heterocycles. The molecule has 0 saturated carbocycles. The molecule has 7 heteroatoms. The first-order chi connectivity index (χ1) is 7.91. The summed E-state index contributed by atoms with van der Waals surface area (Å²) >= 11 is 0. The smallest absolute Gasteiger partial charge is 0.305 e. The number of nitrogens with one attached hydrogen (secondary N) is 1. The van der Waals surface area contributed by atoms with Crippen LogP contribution in [0.4, 0.5) is 0 Å². The van der Waals surface area contributed by atoms with Crippen LogP contribution in [0.1, 0.15) is 6.42 Å². The van der Waals surface area contributed by atoms with Crippen LogP contribution in [0.15, 0.2) is 0 Å². The molecular weight excluding hydrogens is 226 g/mol. The van der Waals surface area contributed by atoms with Crippen molar-refractivity contribution >= 4 is 17.8 Å². The van der Waals surface area contributed by atoms with Crippen LogP contribution in [0.5, 0.6) is 0 Å². The van der Waals surface area contributed by atoms with Crippen molar-refractivity contribution in [3.8, 4) is 0 Å². The average molecular weight is 243 g/mol. The number of carboxylic acids is 1. The fraction of sp³-hybridized carbons (Fsp3) is 0.700. The molecule has 1 fully saturated rings. The number of carboxylic acid groups (broad SMARTS) is 1. The predicted molar refractivity (Wildman–Crippen MR) is 59.3 cm³/mol. The third-order valence-electron chi connectivity index (χ3n) is 2.65. The number of rotatable bonds is 4. The van der Waals surface area contributed by atoms with E-state index in [1.54, 1.807) is 19.0 Å². The number of carbonyl (C=O) groups excluding carboxylic acids is 2. The number of nitrogens with zero attached hydrogens (tertiary/aromatic N) is 2. The minimum atomic E-state index is -1.05. The number of amides is 2. The van der Waals surface area contributed by atoms with Crippen molar-refractivity contribution in [1.29, 1.82) is 0 Å². The topological polar surface area (TPSA) is 90.0 Å². The zero-order valence-corrected chi connectivity index (χ0v) is 9.97. The molecule has 2 N–H and O–H groups in total. The Morgan fingerprint density at radius 3 is 2.71 bits per heavy atom. The van der Waals surface area contributed by atoms with E-state index in [-0.39, 0.29) is 24.8 Å². The van der Waals surface area contributed by atoms with E-state index in [2.05, 4.69) is 5.32 Å². The van der Waals surface area contributed by atoms with Gasteiger partial charge in [-0.1, -0.05) is 0 Å². The van der Waals surface area contributed by atoms with Crippen molar-refractivity contribution in [1.82, 2.24) is 15.1 Å². The molecule has 1 heterocycles. The van der Waals surface area contributed by atoms with Crippen LogP contribution in [0, 0.1) is 0 Å². The molecule has 0 aromatic rings. The molecule has 2 amide bonds. The van der Waals surface area contributed by atoms with Gasteiger partial charge in [-0.2, -0.15) is 0 Å². The Morgan fingerprint density at radius 2 is 2.18 bits per heavy atom. The molecule has 17 heavy (non-hydrogen) atoms. The van der Waals surface area contributed by atoms with Gasteiger partial charge in [-0.15, -0.1) is 0 Å². The normalized spacial score (nSPS) is 20.8. The minimum Gasteiger partial charge on any atom is -0.481 e. The second-order valence-corrected chi connectivity index (χ2v) is 4.16. The van der Waals surface area contributed by atoms with Crippen LogP contribution < -0.4 is 5.32 Å². The predicted octanol–water partition coefficient (Wildman–Crippen LogP) is -1.65. The maximum absolute atomic E-state index is 11.6. The molecule has 1 rings (SSSR count). The van der Waals surface area contributed by atoms with Crippen molar-refractivity contribution in [2.75, 3.05) is 33.7 Å². The van der Waals surface area contributed by atoms with Gasteiger partial charge < -0.3 is 15.3 Å². The van der Waals surface area contributed by atoms with Crippen molar-refractivity contribution < 1.29 is 19.5 Å². The van der Waals surface area contributed by atoms with E-state index in [4.69, 9.17) is 5.11 Å². The Bertz CT molecular complexity index is 330. The number of piperazine rings is 1. The second kappa shape index (κ2) is 5.62. The van der Waals surface area contributed by atoms with Crippen LogP contribution in [0.3, 0.4) is 0 Å². The molecule has 1 saturated heterocycles. The van der Waals surface area contributed by atoms with Gasteiger partial charge in [0, 0.05) is 27.2 Å². The SMILES string of the molecule is CN(C)C(=O)CN1CCNC(=O)C1CC(=O)O. The number of carbonyl (C=O) groups is 3. The monoisotopic (exact) mass is 243 g/mol. The van der Waals surface area contributed by atoms with Gasteiger partial charge in [-0.3, -0.25) is 19.3 Å². The van der Waals surface area contributed by atoms with E-state index < -0.39 is 12.0 Å². The minimum absolute atomic E-state index is 0.0678. The van der Waals surface area contributed by atoms with E-state index in [9.17, 15) is 14.4 Å². The first-order valence-electron chi connectivity index (χ1n) is 5.35. The Labute approximate surface area is 99.4 Å². The summed E-state index contributed by atoms with van der Waals surface area (Å²) in [5.41, 5.74) is 0. The summed E-state index contributed by atoms with van der Waals surface area (Å²) in [7, 11) is 3.25. The number of likely N-dealkylation sites (N-methyl/N-ethyl adjacent to an activating group) is 1. The van der Waals surface area contributed by atoms with Crippen LogP contribution in [-0.4, -0.2) is 72.5 Å². The quantitative estimate of drug-likeness (QED) is 0.617. The van der Waals surface area contributed by atoms with Gasteiger partial charge in [-0.05, 0) is 0 Å². The van der Waals surface area contributed by atoms with E-state index in [1.165, 1.54) is 4.90 Å². The third kappa shape index (κ3) is 3.70. The summed E-state index contributed by atoms with van der Waals surface area (Å²) < 4.78 is 0. The molecule has 1 aliphatic heterocycles. The van der Waals surface area contributed by atoms with E-state index in [1.807, 2.05) is 0 Å². The van der Waals surface area contributed by atoms with Crippen molar-refractivity contribution in [3.63, 3.8) is 0 Å². The first-order valence-corrected chi connectivity index (χ1v) is 5.35. The molecule has 0 aromatic carbocycles. The Hall–Kier alpha value is -1.63. The Balaban J connectivity index is 2.68. The van der Waals surface area contributed by atoms with Gasteiger partial charge in [0.2, 0.25) is 11.8 Å². The molecule has 0 bridgehead atoms. The van der Waals surface area contributed by atoms with Gasteiger partial charge in [0.15, 0.2) is 0 Å². The largest absolute Gasteiger partial charge is 0.481 e. The zero-order chi connectivity index (χ0) is 13.0. The van der Waals surface area contributed by atoms with E-state index in [0.717, 1.165) is 0 Å². The van der Waals surface area contributed by atoms with Crippen LogP contribution >= 0.6 is 0 Å². The van der Waals surface area contributed by atoms with Crippen LogP contribution in [-0.2, 0) is 14.4 Å². The molecule has 0 spiro atoms. The number of aliphatic carboxylic acids is 1. The highest BCUT2D eigenvalue weighted by Gasteiger charge is 2.32. The fourth-order valence-corrected chi connectivity index (χ4v) is 1.65. The lowest BCUT2D eigenvalue weighted by Gasteiger charge is -2.34. The summed E-state index contributed by atoms with van der Waals surface area (Å²) in [6, 6.07) is -0.759. The highest BCUT2D eigenvalue weighted by molar-refractivity contribution is 5.87. The van der Waals surface area contributed by atoms with Gasteiger partial charge in [0.25, 0.3) is 0 Å². The molecule has 0 aliphatic carbocycles. The Kier molecular flexibility index (Phi) is 4.45. The number of hydrogen-bond acceptors (Lipinski definition) is 4. The lowest BCUT2D eigenvalue weighted by molar-refractivity contribution is -0.144. The molecule has 7 nitrogen and oxygen atoms in total. The van der Waals surface area contributed by atoms with Gasteiger partial charge >= 0.3 is 5.97 Å². The van der Waals surface area contributed by atoms with Gasteiger partial charge in [0.1, 0.15) is 6.04 Å². The highest BCUT2D eigenvalue weighted by atomic mass is 16.4. The highest BCUT2D eigenvalue weighted by Crippen LogP contribution is 2.09. The van der Waals surface area contributed by atoms with Crippen molar-refractivity contribution in [3.05, 3.63) is 0 Å². The fourth-order valence-electron chi connectivity index (χ4n) is 1.65. The molecular formula is C10H17N3O4. The summed E-state index contributed by atoms with van der Waals surface area (Å²) in [4.78, 5) is 36.8. The summed E-state index contributed by atoms with van der Waals surface area (Å²) in [5, 5.41) is 11.3. The van der Waals surface area contributed by atoms with Gasteiger partial charge in [0.05, 0.1) is 13.0 Å². The van der Waals surface area contributed by atoms with Crippen molar-refractivity contribution in [2.24, 2.45) is 0 Å². The molecule has 1 atom stereocenters. The van der Waals surface area contributed by atoms with Gasteiger partial charge in [-0.25, -0.2) is 0 Å². The maximum Gasteiger partial charge on any atom is 0.305 e. The molecule has 96 valence electrons. The van der Waals surface area contributed by atoms with Crippen LogP contribution in [0.2, 0.25) is 0 Å². The lowest BCUT2D eigenvalue weighted by atomic mass is 10.1. The van der Waals surface area contributed by atoms with E-state index in [0.29, 0.717) is 13.1 Å². The van der Waals surface area contributed by atoms with Crippen molar-refractivity contribution in [2.45, 2.75) is 12.5 Å². The molecule has 1 aliphatic rings. The average Bonchev–Trinajstić information content (AvgIpc) is 2.22. The Morgan fingerprint density at radius 1 is 1.53 bits per heavy atom. The zero-order valence-electron chi connectivity index (χ0n) is 9.97. The first kappa shape index (κ1) is 13.4. The third-order valence-corrected chi connectivity index (χ3v) is 2.65. The standard InChI is InChI=1S/C10H17N3O4/c1-12(2)8(14)6-13-4-3-11-10(17)7(13)5-9(15)16/h7H,3-6H2,1-2H3,(H,11,17)(H,15,16). The molecule has 0 radical (unpaired) electrons. The lowest BCUT2D eigenvalue weighted by Crippen LogP contribution is -2.57. The van der Waals surface area contributed by atoms with Crippen LogP contribution in [0.25, 0.3) is 0 Å². The van der Waals surface area contributed by atoms with E-state index >= 15 is 0 Å². The second-order valence-electron chi connectivity index (χ2n) is 4.16.